The van der Waals surface area contributed by atoms with Crippen molar-refractivity contribution in [1.82, 2.24) is 0 Å². The van der Waals surface area contributed by atoms with Crippen LogP contribution in [-0.4, -0.2) is 5.11 Å². The molecule has 1 N–H and O–H groups in total. The fourth-order valence-corrected chi connectivity index (χ4v) is 2.83. The highest BCUT2D eigenvalue weighted by Crippen LogP contribution is 2.36. The van der Waals surface area contributed by atoms with Gasteiger partial charge in [-0.05, 0) is 30.0 Å². The van der Waals surface area contributed by atoms with Gasteiger partial charge in [-0.25, -0.2) is 13.2 Å². The van der Waals surface area contributed by atoms with Gasteiger partial charge in [-0.15, -0.1) is 11.3 Å². The minimum Gasteiger partial charge on any atom is -0.383 e. The Kier molecular flexibility index (Phi) is 3.66. The predicted octanol–water partition coefficient (Wildman–Crippen LogP) is 4.21. The molecule has 1 nitrogen and oxygen atoms in total. The van der Waals surface area contributed by atoms with Gasteiger partial charge < -0.3 is 5.11 Å². The molecule has 0 bridgehead atoms. The number of halogens is 4. The van der Waals surface area contributed by atoms with Crippen LogP contribution in [0.1, 0.15) is 22.1 Å². The number of aryl methyl sites for hydroxylation is 1. The molecular formula is C12H8ClF3OS. The topological polar surface area (TPSA) is 20.2 Å². The van der Waals surface area contributed by atoms with E-state index in [1.165, 1.54) is 0 Å². The van der Waals surface area contributed by atoms with E-state index >= 15 is 0 Å². The number of aliphatic hydroxyl groups excluding tert-OH is 1. The SMILES string of the molecule is Cc1csc(C(O)c2ccc(F)c(F)c2F)c1Cl. The van der Waals surface area contributed by atoms with E-state index in [0.29, 0.717) is 9.90 Å². The maximum absolute atomic E-state index is 13.5. The zero-order valence-electron chi connectivity index (χ0n) is 9.18. The molecule has 0 radical (unpaired) electrons. The van der Waals surface area contributed by atoms with Crippen LogP contribution in [0.25, 0.3) is 0 Å². The Labute approximate surface area is 110 Å². The van der Waals surface area contributed by atoms with Crippen molar-refractivity contribution in [3.63, 3.8) is 0 Å². The summed E-state index contributed by atoms with van der Waals surface area (Å²) in [4.78, 5) is 0.305. The lowest BCUT2D eigenvalue weighted by atomic mass is 10.1. The number of thiophene rings is 1. The second-order valence-electron chi connectivity index (χ2n) is 3.76. The molecule has 0 saturated heterocycles. The van der Waals surface area contributed by atoms with Crippen LogP contribution in [0.2, 0.25) is 5.02 Å². The average molecular weight is 293 g/mol. The molecule has 18 heavy (non-hydrogen) atoms. The first-order valence-corrected chi connectivity index (χ1v) is 6.24. The van der Waals surface area contributed by atoms with Gasteiger partial charge in [-0.3, -0.25) is 0 Å². The van der Waals surface area contributed by atoms with Crippen molar-refractivity contribution in [2.45, 2.75) is 13.0 Å². The molecule has 1 atom stereocenters. The third kappa shape index (κ3) is 2.13. The number of rotatable bonds is 2. The monoisotopic (exact) mass is 292 g/mol. The zero-order valence-corrected chi connectivity index (χ0v) is 10.7. The highest BCUT2D eigenvalue weighted by atomic mass is 35.5. The van der Waals surface area contributed by atoms with Crippen LogP contribution >= 0.6 is 22.9 Å². The molecule has 2 aromatic rings. The Bertz CT molecular complexity index is 597. The van der Waals surface area contributed by atoms with E-state index in [9.17, 15) is 18.3 Å². The zero-order chi connectivity index (χ0) is 13.4. The van der Waals surface area contributed by atoms with Gasteiger partial charge >= 0.3 is 0 Å². The summed E-state index contributed by atoms with van der Waals surface area (Å²) >= 11 is 7.07. The summed E-state index contributed by atoms with van der Waals surface area (Å²) in [5, 5.41) is 12.0. The molecule has 1 aromatic heterocycles. The van der Waals surface area contributed by atoms with Crippen molar-refractivity contribution >= 4 is 22.9 Å². The van der Waals surface area contributed by atoms with Crippen molar-refractivity contribution < 1.29 is 18.3 Å². The Hall–Kier alpha value is -1.04. The summed E-state index contributed by atoms with van der Waals surface area (Å²) in [5.74, 6) is -4.29. The van der Waals surface area contributed by atoms with Crippen molar-refractivity contribution in [2.75, 3.05) is 0 Å². The summed E-state index contributed by atoms with van der Waals surface area (Å²) < 4.78 is 39.4. The van der Waals surface area contributed by atoms with Gasteiger partial charge in [0.2, 0.25) is 0 Å². The lowest BCUT2D eigenvalue weighted by molar-refractivity contribution is 0.216. The summed E-state index contributed by atoms with van der Waals surface area (Å²) in [6, 6.07) is 1.77. The Morgan fingerprint density at radius 1 is 1.22 bits per heavy atom. The van der Waals surface area contributed by atoms with E-state index in [4.69, 9.17) is 11.6 Å². The van der Waals surface area contributed by atoms with Crippen molar-refractivity contribution in [2.24, 2.45) is 0 Å². The van der Waals surface area contributed by atoms with Crippen molar-refractivity contribution in [3.05, 3.63) is 56.0 Å². The van der Waals surface area contributed by atoms with Gasteiger partial charge in [-0.2, -0.15) is 0 Å². The quantitative estimate of drug-likeness (QED) is 0.822. The van der Waals surface area contributed by atoms with E-state index in [-0.39, 0.29) is 5.56 Å². The largest absolute Gasteiger partial charge is 0.383 e. The fourth-order valence-electron chi connectivity index (χ4n) is 1.53. The molecule has 0 saturated carbocycles. The Morgan fingerprint density at radius 3 is 2.44 bits per heavy atom. The maximum atomic E-state index is 13.5. The molecule has 96 valence electrons. The molecule has 6 heteroatoms. The second kappa shape index (κ2) is 4.91. The number of aliphatic hydroxyl groups is 1. The molecule has 0 aliphatic carbocycles. The normalized spacial score (nSPS) is 12.8. The minimum absolute atomic E-state index is 0.302. The van der Waals surface area contributed by atoms with Crippen LogP contribution in [0.5, 0.6) is 0 Å². The van der Waals surface area contributed by atoms with E-state index in [1.54, 1.807) is 12.3 Å². The lowest BCUT2D eigenvalue weighted by Crippen LogP contribution is -2.04. The standard InChI is InChI=1S/C12H8ClF3OS/c1-5-4-18-12(8(5)13)11(17)6-2-3-7(14)10(16)9(6)15/h2-4,11,17H,1H3. The highest BCUT2D eigenvalue weighted by Gasteiger charge is 2.23. The van der Waals surface area contributed by atoms with E-state index in [0.717, 1.165) is 29.0 Å². The number of hydrogen-bond acceptors (Lipinski definition) is 2. The van der Waals surface area contributed by atoms with Crippen LogP contribution in [0.3, 0.4) is 0 Å². The first-order valence-electron chi connectivity index (χ1n) is 4.98. The Morgan fingerprint density at radius 2 is 1.89 bits per heavy atom. The van der Waals surface area contributed by atoms with Crippen LogP contribution in [0.4, 0.5) is 13.2 Å². The summed E-state index contributed by atoms with van der Waals surface area (Å²) in [6.07, 6.45) is -1.41. The summed E-state index contributed by atoms with van der Waals surface area (Å²) in [7, 11) is 0. The molecule has 0 amide bonds. The van der Waals surface area contributed by atoms with E-state index < -0.39 is 23.6 Å². The van der Waals surface area contributed by atoms with Crippen molar-refractivity contribution in [3.8, 4) is 0 Å². The van der Waals surface area contributed by atoms with Gasteiger partial charge in [0, 0.05) is 5.56 Å². The third-order valence-corrected chi connectivity index (χ3v) is 4.30. The van der Waals surface area contributed by atoms with Gasteiger partial charge in [0.1, 0.15) is 6.10 Å². The Balaban J connectivity index is 2.50. The fraction of sp³-hybridized carbons (Fsp3) is 0.167. The van der Waals surface area contributed by atoms with E-state index in [1.807, 2.05) is 0 Å². The minimum atomic E-state index is -1.60. The predicted molar refractivity (Wildman–Crippen MR) is 64.4 cm³/mol. The molecule has 1 aromatic carbocycles. The third-order valence-electron chi connectivity index (χ3n) is 2.53. The highest BCUT2D eigenvalue weighted by molar-refractivity contribution is 7.10. The van der Waals surface area contributed by atoms with Gasteiger partial charge in [0.25, 0.3) is 0 Å². The molecule has 0 aliphatic rings. The smallest absolute Gasteiger partial charge is 0.194 e. The van der Waals surface area contributed by atoms with Crippen LogP contribution in [-0.2, 0) is 0 Å². The van der Waals surface area contributed by atoms with Crippen LogP contribution in [0.15, 0.2) is 17.5 Å². The molecule has 2 rings (SSSR count). The molecule has 0 fully saturated rings. The molecule has 1 heterocycles. The van der Waals surface area contributed by atoms with Crippen LogP contribution in [0, 0.1) is 24.4 Å². The average Bonchev–Trinajstić information content (AvgIpc) is 2.67. The summed E-state index contributed by atoms with van der Waals surface area (Å²) in [6.45, 7) is 1.73. The molecular weight excluding hydrogens is 285 g/mol. The second-order valence-corrected chi connectivity index (χ2v) is 5.05. The first kappa shape index (κ1) is 13.4. The van der Waals surface area contributed by atoms with Crippen LogP contribution < -0.4 is 0 Å². The van der Waals surface area contributed by atoms with E-state index in [2.05, 4.69) is 0 Å². The van der Waals surface area contributed by atoms with Gasteiger partial charge in [0.05, 0.1) is 9.90 Å². The van der Waals surface area contributed by atoms with Gasteiger partial charge in [0.15, 0.2) is 17.5 Å². The van der Waals surface area contributed by atoms with Crippen molar-refractivity contribution in [1.29, 1.82) is 0 Å². The maximum Gasteiger partial charge on any atom is 0.194 e. The lowest BCUT2D eigenvalue weighted by Gasteiger charge is -2.11. The summed E-state index contributed by atoms with van der Waals surface area (Å²) in [5.41, 5.74) is 0.399. The molecule has 0 aliphatic heterocycles. The van der Waals surface area contributed by atoms with Gasteiger partial charge in [-0.1, -0.05) is 11.6 Å². The first-order chi connectivity index (χ1) is 8.43. The molecule has 0 spiro atoms. The number of hydrogen-bond donors (Lipinski definition) is 1. The molecule has 1 unspecified atom stereocenters. The number of benzene rings is 1.